The third-order valence-corrected chi connectivity index (χ3v) is 5.22. The van der Waals surface area contributed by atoms with Gasteiger partial charge in [-0.15, -0.1) is 0 Å². The first-order valence-corrected chi connectivity index (χ1v) is 9.15. The molecule has 2 rings (SSSR count). The van der Waals surface area contributed by atoms with Crippen LogP contribution in [0.1, 0.15) is 32.6 Å². The van der Waals surface area contributed by atoms with E-state index in [9.17, 15) is 5.11 Å². The number of nitrogens with one attached hydrogen (secondary N) is 1. The van der Waals surface area contributed by atoms with Gasteiger partial charge in [0.2, 0.25) is 0 Å². The average molecular weight is 373 g/mol. The lowest BCUT2D eigenvalue weighted by molar-refractivity contribution is -0.0668. The number of ether oxygens (including phenoxy) is 2. The average Bonchev–Trinajstić information content (AvgIpc) is 3.19. The Morgan fingerprint density at radius 1 is 1.26 bits per heavy atom. The van der Waals surface area contributed by atoms with Crippen LogP contribution in [0.3, 0.4) is 0 Å². The fourth-order valence-electron chi connectivity index (χ4n) is 3.14. The fourth-order valence-corrected chi connectivity index (χ4v) is 3.14. The van der Waals surface area contributed by atoms with Crippen LogP contribution in [0, 0.1) is 0 Å². The van der Waals surface area contributed by atoms with Gasteiger partial charge in [0, 0.05) is 20.3 Å². The normalized spacial score (nSPS) is 16.6. The molecule has 6 nitrogen and oxygen atoms in total. The SMILES string of the molecule is COC/C=C\C(C)(OC)[C@@H](C)N(CO)[C@@H](C)c1ncc(-c2ccccc2)[nH]1. The first kappa shape index (κ1) is 21.3. The van der Waals surface area contributed by atoms with E-state index in [-0.39, 0.29) is 18.8 Å². The number of hydrogen-bond donors (Lipinski definition) is 2. The lowest BCUT2D eigenvalue weighted by atomic mass is 9.94. The van der Waals surface area contributed by atoms with Crippen LogP contribution >= 0.6 is 0 Å². The highest BCUT2D eigenvalue weighted by molar-refractivity contribution is 5.58. The van der Waals surface area contributed by atoms with E-state index in [0.29, 0.717) is 6.61 Å². The van der Waals surface area contributed by atoms with Crippen LogP contribution in [0.15, 0.2) is 48.7 Å². The predicted octanol–water partition coefficient (Wildman–Crippen LogP) is 3.39. The lowest BCUT2D eigenvalue weighted by Crippen LogP contribution is -2.50. The van der Waals surface area contributed by atoms with Crippen molar-refractivity contribution < 1.29 is 14.6 Å². The minimum atomic E-state index is -0.579. The molecule has 0 amide bonds. The van der Waals surface area contributed by atoms with Gasteiger partial charge in [0.25, 0.3) is 0 Å². The number of benzene rings is 1. The zero-order valence-electron chi connectivity index (χ0n) is 16.8. The van der Waals surface area contributed by atoms with Crippen molar-refractivity contribution in [3.05, 3.63) is 54.5 Å². The van der Waals surface area contributed by atoms with Crippen LogP contribution < -0.4 is 0 Å². The van der Waals surface area contributed by atoms with E-state index in [4.69, 9.17) is 9.47 Å². The second-order valence-corrected chi connectivity index (χ2v) is 6.80. The summed E-state index contributed by atoms with van der Waals surface area (Å²) in [5.74, 6) is 0.800. The van der Waals surface area contributed by atoms with Crippen molar-refractivity contribution in [2.45, 2.75) is 38.5 Å². The Hall–Kier alpha value is -1.99. The molecule has 2 N–H and O–H groups in total. The molecule has 0 saturated heterocycles. The number of aromatic amines is 1. The summed E-state index contributed by atoms with van der Waals surface area (Å²) in [6.07, 6.45) is 5.74. The molecule has 3 atom stereocenters. The van der Waals surface area contributed by atoms with Gasteiger partial charge in [0.05, 0.1) is 36.9 Å². The van der Waals surface area contributed by atoms with E-state index < -0.39 is 5.60 Å². The molecule has 1 aromatic heterocycles. The molecule has 0 bridgehead atoms. The van der Waals surface area contributed by atoms with E-state index in [1.165, 1.54) is 0 Å². The summed E-state index contributed by atoms with van der Waals surface area (Å²) in [4.78, 5) is 9.87. The third-order valence-electron chi connectivity index (χ3n) is 5.22. The summed E-state index contributed by atoms with van der Waals surface area (Å²) in [5, 5.41) is 10.1. The van der Waals surface area contributed by atoms with Gasteiger partial charge >= 0.3 is 0 Å². The molecule has 1 aromatic carbocycles. The number of hydrogen-bond acceptors (Lipinski definition) is 5. The molecular weight excluding hydrogens is 342 g/mol. The van der Waals surface area contributed by atoms with Crippen LogP contribution in [-0.4, -0.2) is 59.2 Å². The van der Waals surface area contributed by atoms with Crippen molar-refractivity contribution in [1.82, 2.24) is 14.9 Å². The van der Waals surface area contributed by atoms with Crippen LogP contribution in [0.4, 0.5) is 0 Å². The molecule has 148 valence electrons. The molecule has 2 aromatic rings. The van der Waals surface area contributed by atoms with Crippen LogP contribution in [0.5, 0.6) is 0 Å². The predicted molar refractivity (Wildman–Crippen MR) is 107 cm³/mol. The fraction of sp³-hybridized carbons (Fsp3) is 0.476. The molecule has 6 heteroatoms. The van der Waals surface area contributed by atoms with E-state index >= 15 is 0 Å². The molecule has 1 unspecified atom stereocenters. The topological polar surface area (TPSA) is 70.6 Å². The number of rotatable bonds is 10. The highest BCUT2D eigenvalue weighted by atomic mass is 16.5. The highest BCUT2D eigenvalue weighted by Crippen LogP contribution is 2.29. The molecule has 0 fully saturated rings. The van der Waals surface area contributed by atoms with Crippen molar-refractivity contribution >= 4 is 0 Å². The smallest absolute Gasteiger partial charge is 0.123 e. The third kappa shape index (κ3) is 5.05. The first-order valence-electron chi connectivity index (χ1n) is 9.15. The zero-order chi connectivity index (χ0) is 19.9. The Morgan fingerprint density at radius 3 is 2.56 bits per heavy atom. The lowest BCUT2D eigenvalue weighted by Gasteiger charge is -2.41. The Kier molecular flexibility index (Phi) is 7.74. The Bertz CT molecular complexity index is 716. The minimum absolute atomic E-state index is 0.0964. The quantitative estimate of drug-likeness (QED) is 0.493. The molecule has 0 aliphatic carbocycles. The summed E-state index contributed by atoms with van der Waals surface area (Å²) >= 11 is 0. The first-order chi connectivity index (χ1) is 13.0. The molecular formula is C21H31N3O3. The molecule has 0 spiro atoms. The van der Waals surface area contributed by atoms with E-state index in [2.05, 4.69) is 9.97 Å². The summed E-state index contributed by atoms with van der Waals surface area (Å²) in [5.41, 5.74) is 1.46. The standard InChI is InChI=1S/C21H31N3O3/c1-16(20-22-14-19(23-20)18-10-7-6-8-11-18)24(15-25)17(2)21(3,27-5)12-9-13-26-4/h6-12,14,16-17,25H,13,15H2,1-5H3,(H,22,23)/b12-9-/t16-,17+,21?/m0/s1. The minimum Gasteiger partial charge on any atom is -0.381 e. The second-order valence-electron chi connectivity index (χ2n) is 6.80. The molecule has 0 saturated carbocycles. The van der Waals surface area contributed by atoms with Gasteiger partial charge in [-0.3, -0.25) is 4.90 Å². The van der Waals surface area contributed by atoms with Crippen molar-refractivity contribution in [3.8, 4) is 11.3 Å². The zero-order valence-corrected chi connectivity index (χ0v) is 16.8. The van der Waals surface area contributed by atoms with E-state index in [0.717, 1.165) is 17.1 Å². The monoisotopic (exact) mass is 373 g/mol. The van der Waals surface area contributed by atoms with Gasteiger partial charge in [-0.2, -0.15) is 0 Å². The molecule has 0 aliphatic rings. The van der Waals surface area contributed by atoms with Crippen molar-refractivity contribution in [3.63, 3.8) is 0 Å². The second kappa shape index (κ2) is 9.80. The number of imidazole rings is 1. The van der Waals surface area contributed by atoms with Gasteiger partial charge in [-0.25, -0.2) is 4.98 Å². The van der Waals surface area contributed by atoms with Gasteiger partial charge in [-0.1, -0.05) is 42.5 Å². The number of aromatic nitrogens is 2. The Labute approximate surface area is 161 Å². The summed E-state index contributed by atoms with van der Waals surface area (Å²) < 4.78 is 10.9. The number of aliphatic hydroxyl groups excluding tert-OH is 1. The highest BCUT2D eigenvalue weighted by Gasteiger charge is 2.35. The number of methoxy groups -OCH3 is 2. The van der Waals surface area contributed by atoms with Crippen LogP contribution in [0.2, 0.25) is 0 Å². The molecule has 0 aliphatic heterocycles. The summed E-state index contributed by atoms with van der Waals surface area (Å²) in [7, 11) is 3.33. The molecule has 27 heavy (non-hydrogen) atoms. The Morgan fingerprint density at radius 2 is 1.96 bits per heavy atom. The molecule has 1 heterocycles. The van der Waals surface area contributed by atoms with Gasteiger partial charge in [0.15, 0.2) is 0 Å². The Balaban J connectivity index is 2.21. The van der Waals surface area contributed by atoms with Crippen molar-refractivity contribution in [2.24, 2.45) is 0 Å². The van der Waals surface area contributed by atoms with E-state index in [1.807, 2.05) is 74.4 Å². The summed E-state index contributed by atoms with van der Waals surface area (Å²) in [6.45, 7) is 6.46. The van der Waals surface area contributed by atoms with Gasteiger partial charge in [-0.05, 0) is 26.3 Å². The largest absolute Gasteiger partial charge is 0.381 e. The maximum absolute atomic E-state index is 10.1. The molecule has 0 radical (unpaired) electrons. The summed E-state index contributed by atoms with van der Waals surface area (Å²) in [6, 6.07) is 9.85. The number of aliphatic hydroxyl groups is 1. The van der Waals surface area contributed by atoms with Gasteiger partial charge < -0.3 is 19.6 Å². The number of nitrogens with zero attached hydrogens (tertiary/aromatic N) is 2. The van der Waals surface area contributed by atoms with Crippen LogP contribution in [-0.2, 0) is 9.47 Å². The maximum atomic E-state index is 10.1. The van der Waals surface area contributed by atoms with Crippen molar-refractivity contribution in [2.75, 3.05) is 27.6 Å². The van der Waals surface area contributed by atoms with Crippen LogP contribution in [0.25, 0.3) is 11.3 Å². The maximum Gasteiger partial charge on any atom is 0.123 e. The van der Waals surface area contributed by atoms with E-state index in [1.54, 1.807) is 14.2 Å². The van der Waals surface area contributed by atoms with Gasteiger partial charge in [0.1, 0.15) is 5.82 Å². The van der Waals surface area contributed by atoms with Crippen molar-refractivity contribution in [1.29, 1.82) is 0 Å². The number of H-pyrrole nitrogens is 1.